The normalized spacial score (nSPS) is 19.1. The Hall–Kier alpha value is -1.38. The fourth-order valence-corrected chi connectivity index (χ4v) is 5.01. The number of benzene rings is 1. The SMILES string of the molecule is C=CCN1CC(=C)/C(=C/[Si](C)(C)c2ccccc2)C1. The van der Waals surface area contributed by atoms with E-state index >= 15 is 0 Å². The number of rotatable bonds is 4. The summed E-state index contributed by atoms with van der Waals surface area (Å²) in [6.07, 6.45) is 1.97. The van der Waals surface area contributed by atoms with E-state index in [-0.39, 0.29) is 0 Å². The van der Waals surface area contributed by atoms with Crippen LogP contribution in [0.25, 0.3) is 0 Å². The highest BCUT2D eigenvalue weighted by Crippen LogP contribution is 2.22. The Morgan fingerprint density at radius 1 is 1.21 bits per heavy atom. The van der Waals surface area contributed by atoms with E-state index in [2.05, 4.69) is 67.2 Å². The Kier molecular flexibility index (Phi) is 4.23. The molecule has 0 unspecified atom stereocenters. The molecule has 0 bridgehead atoms. The van der Waals surface area contributed by atoms with Crippen molar-refractivity contribution >= 4 is 13.3 Å². The van der Waals surface area contributed by atoms with Crippen molar-refractivity contribution in [2.24, 2.45) is 0 Å². The van der Waals surface area contributed by atoms with Gasteiger partial charge in [-0.05, 0) is 11.1 Å². The average Bonchev–Trinajstić information content (AvgIpc) is 2.71. The van der Waals surface area contributed by atoms with Gasteiger partial charge in [-0.15, -0.1) is 6.58 Å². The summed E-state index contributed by atoms with van der Waals surface area (Å²) in [6, 6.07) is 10.9. The van der Waals surface area contributed by atoms with Gasteiger partial charge in [0.25, 0.3) is 0 Å². The second-order valence-electron chi connectivity index (χ2n) is 5.82. The third-order valence-electron chi connectivity index (χ3n) is 3.70. The molecule has 1 aromatic carbocycles. The van der Waals surface area contributed by atoms with Crippen LogP contribution >= 0.6 is 0 Å². The predicted octanol–water partition coefficient (Wildman–Crippen LogP) is 3.13. The lowest BCUT2D eigenvalue weighted by Crippen LogP contribution is -2.40. The molecule has 1 aliphatic rings. The van der Waals surface area contributed by atoms with E-state index in [4.69, 9.17) is 0 Å². The molecule has 2 rings (SSSR count). The molecular weight excluding hydrogens is 246 g/mol. The molecular formula is C17H23NSi. The lowest BCUT2D eigenvalue weighted by molar-refractivity contribution is 0.395. The highest BCUT2D eigenvalue weighted by atomic mass is 28.3. The lowest BCUT2D eigenvalue weighted by Gasteiger charge is -2.20. The van der Waals surface area contributed by atoms with Crippen LogP contribution in [-0.4, -0.2) is 32.6 Å². The Morgan fingerprint density at radius 2 is 1.89 bits per heavy atom. The molecule has 0 spiro atoms. The minimum Gasteiger partial charge on any atom is -0.291 e. The van der Waals surface area contributed by atoms with Crippen molar-refractivity contribution in [1.82, 2.24) is 4.90 Å². The molecule has 0 aliphatic carbocycles. The lowest BCUT2D eigenvalue weighted by atomic mass is 10.2. The number of hydrogen-bond acceptors (Lipinski definition) is 1. The van der Waals surface area contributed by atoms with Gasteiger partial charge >= 0.3 is 0 Å². The molecule has 1 fully saturated rings. The molecule has 1 saturated heterocycles. The summed E-state index contributed by atoms with van der Waals surface area (Å²) in [6.45, 7) is 15.8. The zero-order valence-electron chi connectivity index (χ0n) is 12.0. The monoisotopic (exact) mass is 269 g/mol. The molecule has 0 saturated carbocycles. The second kappa shape index (κ2) is 5.72. The smallest absolute Gasteiger partial charge is 0.104 e. The molecule has 100 valence electrons. The van der Waals surface area contributed by atoms with Gasteiger partial charge < -0.3 is 0 Å². The maximum atomic E-state index is 4.22. The van der Waals surface area contributed by atoms with E-state index < -0.39 is 8.07 Å². The third kappa shape index (κ3) is 3.34. The minimum absolute atomic E-state index is 0.948. The fourth-order valence-electron chi connectivity index (χ4n) is 2.63. The number of hydrogen-bond donors (Lipinski definition) is 0. The van der Waals surface area contributed by atoms with Gasteiger partial charge in [0.15, 0.2) is 0 Å². The van der Waals surface area contributed by atoms with Crippen molar-refractivity contribution in [3.8, 4) is 0 Å². The van der Waals surface area contributed by atoms with Gasteiger partial charge in [-0.2, -0.15) is 0 Å². The van der Waals surface area contributed by atoms with Gasteiger partial charge in [0.2, 0.25) is 0 Å². The van der Waals surface area contributed by atoms with Crippen molar-refractivity contribution in [1.29, 1.82) is 0 Å². The topological polar surface area (TPSA) is 3.24 Å². The minimum atomic E-state index is -1.51. The molecule has 1 aliphatic heterocycles. The molecule has 2 heteroatoms. The van der Waals surface area contributed by atoms with Gasteiger partial charge in [-0.25, -0.2) is 0 Å². The Bertz CT molecular complexity index is 499. The Balaban J connectivity index is 2.21. The molecule has 19 heavy (non-hydrogen) atoms. The summed E-state index contributed by atoms with van der Waals surface area (Å²) in [4.78, 5) is 2.39. The molecule has 1 nitrogen and oxygen atoms in total. The molecule has 0 atom stereocenters. The first kappa shape index (κ1) is 14.0. The van der Waals surface area contributed by atoms with E-state index in [9.17, 15) is 0 Å². The van der Waals surface area contributed by atoms with E-state index in [0.29, 0.717) is 0 Å². The average molecular weight is 269 g/mol. The van der Waals surface area contributed by atoms with Crippen LogP contribution in [0.2, 0.25) is 13.1 Å². The number of likely N-dealkylation sites (tertiary alicyclic amines) is 1. The molecule has 0 aromatic heterocycles. The van der Waals surface area contributed by atoms with Crippen LogP contribution in [0.3, 0.4) is 0 Å². The van der Waals surface area contributed by atoms with Crippen molar-refractivity contribution < 1.29 is 0 Å². The standard InChI is InChI=1S/C17H23NSi/c1-5-11-18-12-15(2)16(13-18)14-19(3,4)17-9-7-6-8-10-17/h5-10,14H,1-2,11-13H2,3-4H3/b16-14+. The van der Waals surface area contributed by atoms with E-state index in [1.165, 1.54) is 16.3 Å². The first-order valence-corrected chi connectivity index (χ1v) is 9.89. The van der Waals surface area contributed by atoms with Gasteiger partial charge in [0.05, 0.1) is 0 Å². The van der Waals surface area contributed by atoms with Gasteiger partial charge in [-0.3, -0.25) is 4.90 Å². The third-order valence-corrected chi connectivity index (χ3v) is 6.59. The van der Waals surface area contributed by atoms with Gasteiger partial charge in [0.1, 0.15) is 8.07 Å². The quantitative estimate of drug-likeness (QED) is 0.599. The van der Waals surface area contributed by atoms with Gasteiger partial charge in [-0.1, -0.05) is 67.0 Å². The Labute approximate surface area is 118 Å². The Morgan fingerprint density at radius 3 is 2.53 bits per heavy atom. The zero-order chi connectivity index (χ0) is 13.9. The van der Waals surface area contributed by atoms with Crippen LogP contribution in [0.5, 0.6) is 0 Å². The zero-order valence-corrected chi connectivity index (χ0v) is 13.0. The number of nitrogens with zero attached hydrogens (tertiary/aromatic N) is 1. The van der Waals surface area contributed by atoms with Crippen LogP contribution in [0.15, 0.2) is 66.4 Å². The van der Waals surface area contributed by atoms with Crippen molar-refractivity contribution in [3.05, 3.63) is 66.4 Å². The second-order valence-corrected chi connectivity index (χ2v) is 10.1. The van der Waals surface area contributed by atoms with Crippen molar-refractivity contribution in [3.63, 3.8) is 0 Å². The fraction of sp³-hybridized carbons (Fsp3) is 0.294. The first-order chi connectivity index (χ1) is 9.03. The van der Waals surface area contributed by atoms with Gasteiger partial charge in [0, 0.05) is 19.6 Å². The van der Waals surface area contributed by atoms with Crippen LogP contribution < -0.4 is 5.19 Å². The van der Waals surface area contributed by atoms with E-state index in [0.717, 1.165) is 19.6 Å². The van der Waals surface area contributed by atoms with Crippen LogP contribution in [0, 0.1) is 0 Å². The maximum absolute atomic E-state index is 4.22. The predicted molar refractivity (Wildman–Crippen MR) is 87.4 cm³/mol. The molecule has 0 N–H and O–H groups in total. The molecule has 1 heterocycles. The highest BCUT2D eigenvalue weighted by Gasteiger charge is 2.25. The summed E-state index contributed by atoms with van der Waals surface area (Å²) in [5, 5.41) is 1.48. The summed E-state index contributed by atoms with van der Waals surface area (Å²) < 4.78 is 0. The van der Waals surface area contributed by atoms with Crippen molar-refractivity contribution in [2.75, 3.05) is 19.6 Å². The molecule has 0 amide bonds. The van der Waals surface area contributed by atoms with E-state index in [1.54, 1.807) is 0 Å². The van der Waals surface area contributed by atoms with Crippen molar-refractivity contribution in [2.45, 2.75) is 13.1 Å². The first-order valence-electron chi connectivity index (χ1n) is 6.81. The summed E-state index contributed by atoms with van der Waals surface area (Å²) in [5.74, 6) is 0. The van der Waals surface area contributed by atoms with Crippen LogP contribution in [0.4, 0.5) is 0 Å². The largest absolute Gasteiger partial charge is 0.291 e. The summed E-state index contributed by atoms with van der Waals surface area (Å²) >= 11 is 0. The van der Waals surface area contributed by atoms with E-state index in [1.807, 2.05) is 6.08 Å². The molecule has 0 radical (unpaired) electrons. The van der Waals surface area contributed by atoms with Crippen LogP contribution in [-0.2, 0) is 0 Å². The summed E-state index contributed by atoms with van der Waals surface area (Å²) in [7, 11) is -1.51. The summed E-state index contributed by atoms with van der Waals surface area (Å²) in [5.41, 5.74) is 5.22. The van der Waals surface area contributed by atoms with Crippen LogP contribution in [0.1, 0.15) is 0 Å². The highest BCUT2D eigenvalue weighted by molar-refractivity contribution is 6.94. The molecule has 1 aromatic rings. The maximum Gasteiger partial charge on any atom is 0.104 e.